The number of sulfonamides is 1. The van der Waals surface area contributed by atoms with E-state index in [1.165, 1.54) is 12.1 Å². The minimum atomic E-state index is -3.67. The van der Waals surface area contributed by atoms with Crippen LogP contribution in [0.3, 0.4) is 0 Å². The van der Waals surface area contributed by atoms with Gasteiger partial charge in [-0.25, -0.2) is 13.1 Å². The number of nitrogens with one attached hydrogen (secondary N) is 2. The topological polar surface area (TPSA) is 85.8 Å². The Kier molecular flexibility index (Phi) is 3.46. The highest BCUT2D eigenvalue weighted by Gasteiger charge is 2.17. The van der Waals surface area contributed by atoms with E-state index in [2.05, 4.69) is 9.71 Å². The average Bonchev–Trinajstić information content (AvgIpc) is 2.89. The summed E-state index contributed by atoms with van der Waals surface area (Å²) in [6.45, 7) is 0.186. The van der Waals surface area contributed by atoms with Crippen LogP contribution in [0.1, 0.15) is 11.1 Å². The van der Waals surface area contributed by atoms with E-state index in [0.717, 1.165) is 5.56 Å². The van der Waals surface area contributed by atoms with E-state index in [9.17, 15) is 8.42 Å². The van der Waals surface area contributed by atoms with Gasteiger partial charge in [0.2, 0.25) is 10.0 Å². The Morgan fingerprint density at radius 3 is 2.72 bits per heavy atom. The van der Waals surface area contributed by atoms with E-state index in [1.807, 2.05) is 6.07 Å². The molecular weight excluding hydrogens is 250 g/mol. The van der Waals surface area contributed by atoms with Crippen molar-refractivity contribution in [2.24, 2.45) is 0 Å². The van der Waals surface area contributed by atoms with Crippen LogP contribution in [0, 0.1) is 11.3 Å². The number of aromatic amines is 1. The van der Waals surface area contributed by atoms with Crippen LogP contribution in [0.4, 0.5) is 0 Å². The van der Waals surface area contributed by atoms with E-state index < -0.39 is 10.0 Å². The molecule has 0 amide bonds. The molecule has 0 aliphatic rings. The van der Waals surface area contributed by atoms with Gasteiger partial charge >= 0.3 is 0 Å². The first-order valence-corrected chi connectivity index (χ1v) is 6.72. The van der Waals surface area contributed by atoms with Crippen molar-refractivity contribution in [1.29, 1.82) is 5.26 Å². The van der Waals surface area contributed by atoms with Gasteiger partial charge in [0, 0.05) is 18.9 Å². The van der Waals surface area contributed by atoms with Crippen LogP contribution >= 0.6 is 0 Å². The predicted octanol–water partition coefficient (Wildman–Crippen LogP) is 1.36. The largest absolute Gasteiger partial charge is 0.367 e. The van der Waals surface area contributed by atoms with Crippen LogP contribution in [-0.2, 0) is 16.6 Å². The lowest BCUT2D eigenvalue weighted by Crippen LogP contribution is -2.23. The second-order valence-electron chi connectivity index (χ2n) is 3.65. The minimum absolute atomic E-state index is 0.00281. The summed E-state index contributed by atoms with van der Waals surface area (Å²) in [7, 11) is -3.67. The SMILES string of the molecule is N#Cc1ccccc1S(=O)(=O)NCc1cc[nH]c1. The Hall–Kier alpha value is -2.10. The van der Waals surface area contributed by atoms with Gasteiger partial charge in [-0.3, -0.25) is 0 Å². The van der Waals surface area contributed by atoms with Crippen molar-refractivity contribution in [1.82, 2.24) is 9.71 Å². The predicted molar refractivity (Wildman–Crippen MR) is 66.0 cm³/mol. The fourth-order valence-electron chi connectivity index (χ4n) is 1.52. The Morgan fingerprint density at radius 1 is 1.28 bits per heavy atom. The Labute approximate surface area is 105 Å². The highest BCUT2D eigenvalue weighted by Crippen LogP contribution is 2.14. The summed E-state index contributed by atoms with van der Waals surface area (Å²) < 4.78 is 26.5. The summed E-state index contributed by atoms with van der Waals surface area (Å²) in [4.78, 5) is 2.84. The molecule has 0 bridgehead atoms. The number of aromatic nitrogens is 1. The van der Waals surface area contributed by atoms with Gasteiger partial charge in [0.15, 0.2) is 0 Å². The smallest absolute Gasteiger partial charge is 0.242 e. The summed E-state index contributed by atoms with van der Waals surface area (Å²) in [5, 5.41) is 8.89. The Balaban J connectivity index is 2.23. The molecule has 1 aromatic heterocycles. The molecule has 5 nitrogen and oxygen atoms in total. The zero-order chi connectivity index (χ0) is 13.0. The van der Waals surface area contributed by atoms with Crippen LogP contribution in [0.2, 0.25) is 0 Å². The molecular formula is C12H11N3O2S. The summed E-state index contributed by atoms with van der Waals surface area (Å²) in [5.41, 5.74) is 0.965. The van der Waals surface area contributed by atoms with Crippen molar-refractivity contribution in [3.63, 3.8) is 0 Å². The molecule has 18 heavy (non-hydrogen) atoms. The molecule has 0 aliphatic carbocycles. The van der Waals surface area contributed by atoms with Gasteiger partial charge in [0.05, 0.1) is 10.5 Å². The molecule has 6 heteroatoms. The lowest BCUT2D eigenvalue weighted by Gasteiger charge is -2.06. The van der Waals surface area contributed by atoms with E-state index in [4.69, 9.17) is 5.26 Å². The summed E-state index contributed by atoms with van der Waals surface area (Å²) in [5.74, 6) is 0. The monoisotopic (exact) mass is 261 g/mol. The molecule has 0 unspecified atom stereocenters. The van der Waals surface area contributed by atoms with E-state index in [0.29, 0.717) is 0 Å². The maximum Gasteiger partial charge on any atom is 0.242 e. The van der Waals surface area contributed by atoms with Gasteiger partial charge in [-0.1, -0.05) is 12.1 Å². The van der Waals surface area contributed by atoms with Gasteiger partial charge in [-0.15, -0.1) is 0 Å². The molecule has 0 atom stereocenters. The number of nitriles is 1. The normalized spacial score (nSPS) is 11.1. The molecule has 0 saturated carbocycles. The van der Waals surface area contributed by atoms with E-state index >= 15 is 0 Å². The number of hydrogen-bond acceptors (Lipinski definition) is 3. The van der Waals surface area contributed by atoms with Gasteiger partial charge < -0.3 is 4.98 Å². The molecule has 0 spiro atoms. The van der Waals surface area contributed by atoms with E-state index in [1.54, 1.807) is 30.6 Å². The second-order valence-corrected chi connectivity index (χ2v) is 5.39. The molecule has 92 valence electrons. The first-order valence-electron chi connectivity index (χ1n) is 5.24. The van der Waals surface area contributed by atoms with Gasteiger partial charge in [0.1, 0.15) is 6.07 Å². The van der Waals surface area contributed by atoms with Crippen molar-refractivity contribution in [2.45, 2.75) is 11.4 Å². The van der Waals surface area contributed by atoms with Gasteiger partial charge in [0.25, 0.3) is 0 Å². The Bertz CT molecular complexity index is 670. The lowest BCUT2D eigenvalue weighted by molar-refractivity contribution is 0.581. The van der Waals surface area contributed by atoms with Crippen molar-refractivity contribution >= 4 is 10.0 Å². The zero-order valence-electron chi connectivity index (χ0n) is 9.42. The number of hydrogen-bond donors (Lipinski definition) is 2. The van der Waals surface area contributed by atoms with Crippen molar-refractivity contribution < 1.29 is 8.42 Å². The molecule has 1 aromatic carbocycles. The Morgan fingerprint density at radius 2 is 2.06 bits per heavy atom. The first-order chi connectivity index (χ1) is 8.63. The highest BCUT2D eigenvalue weighted by molar-refractivity contribution is 7.89. The van der Waals surface area contributed by atoms with Gasteiger partial charge in [-0.05, 0) is 23.8 Å². The summed E-state index contributed by atoms with van der Waals surface area (Å²) >= 11 is 0. The maximum atomic E-state index is 12.0. The van der Waals surface area contributed by atoms with Crippen LogP contribution in [-0.4, -0.2) is 13.4 Å². The molecule has 2 N–H and O–H groups in total. The molecule has 1 heterocycles. The average molecular weight is 261 g/mol. The third kappa shape index (κ3) is 2.59. The van der Waals surface area contributed by atoms with Crippen LogP contribution < -0.4 is 4.72 Å². The third-order valence-corrected chi connectivity index (χ3v) is 3.89. The fraction of sp³-hybridized carbons (Fsp3) is 0.0833. The number of H-pyrrole nitrogens is 1. The molecule has 0 saturated heterocycles. The fourth-order valence-corrected chi connectivity index (χ4v) is 2.69. The van der Waals surface area contributed by atoms with Crippen LogP contribution in [0.15, 0.2) is 47.6 Å². The maximum absolute atomic E-state index is 12.0. The lowest BCUT2D eigenvalue weighted by atomic mass is 10.2. The van der Waals surface area contributed by atoms with Crippen molar-refractivity contribution in [2.75, 3.05) is 0 Å². The number of benzene rings is 1. The van der Waals surface area contributed by atoms with Crippen molar-refractivity contribution in [3.05, 3.63) is 53.9 Å². The zero-order valence-corrected chi connectivity index (χ0v) is 10.2. The number of rotatable bonds is 4. The molecule has 2 aromatic rings. The van der Waals surface area contributed by atoms with Crippen LogP contribution in [0.25, 0.3) is 0 Å². The molecule has 2 rings (SSSR count). The van der Waals surface area contributed by atoms with Gasteiger partial charge in [-0.2, -0.15) is 5.26 Å². The summed E-state index contributed by atoms with van der Waals surface area (Å²) in [6, 6.07) is 9.76. The van der Waals surface area contributed by atoms with Crippen molar-refractivity contribution in [3.8, 4) is 6.07 Å². The summed E-state index contributed by atoms with van der Waals surface area (Å²) in [6.07, 6.45) is 3.42. The third-order valence-electron chi connectivity index (χ3n) is 2.43. The van der Waals surface area contributed by atoms with Crippen LogP contribution in [0.5, 0.6) is 0 Å². The number of nitrogens with zero attached hydrogens (tertiary/aromatic N) is 1. The molecule has 0 radical (unpaired) electrons. The highest BCUT2D eigenvalue weighted by atomic mass is 32.2. The quantitative estimate of drug-likeness (QED) is 0.871. The first kappa shape index (κ1) is 12.4. The van der Waals surface area contributed by atoms with E-state index in [-0.39, 0.29) is 17.0 Å². The molecule has 0 aliphatic heterocycles. The minimum Gasteiger partial charge on any atom is -0.367 e. The second kappa shape index (κ2) is 5.04. The standard InChI is InChI=1S/C12H11N3O2S/c13-7-11-3-1-2-4-12(11)18(16,17)15-9-10-5-6-14-8-10/h1-6,8,14-15H,9H2. The molecule has 0 fully saturated rings.